The average molecular weight is 419 g/mol. The molecule has 158 valence electrons. The van der Waals surface area contributed by atoms with Crippen LogP contribution in [-0.4, -0.2) is 106 Å². The molecule has 2 aliphatic heterocycles. The van der Waals surface area contributed by atoms with Crippen molar-refractivity contribution in [1.82, 2.24) is 0 Å². The van der Waals surface area contributed by atoms with Crippen LogP contribution in [0, 0.1) is 0 Å². The van der Waals surface area contributed by atoms with E-state index in [2.05, 4.69) is 4.18 Å². The number of aliphatic hydroxyl groups excluding tert-OH is 4. The summed E-state index contributed by atoms with van der Waals surface area (Å²) in [6.45, 7) is 1.35. The van der Waals surface area contributed by atoms with Gasteiger partial charge in [-0.15, -0.1) is 0 Å². The minimum absolute atomic E-state index is 1.03. The highest BCUT2D eigenvalue weighted by Crippen LogP contribution is 2.30. The van der Waals surface area contributed by atoms with Crippen LogP contribution >= 0.6 is 0 Å². The van der Waals surface area contributed by atoms with Crippen molar-refractivity contribution in [2.24, 2.45) is 5.73 Å². The van der Waals surface area contributed by atoms with Crippen molar-refractivity contribution in [3.8, 4) is 0 Å². The number of aliphatic carboxylic acids is 1. The molecule has 0 aromatic heterocycles. The Labute approximate surface area is 153 Å². The molecule has 2 heterocycles. The van der Waals surface area contributed by atoms with Gasteiger partial charge in [0.2, 0.25) is 0 Å². The fourth-order valence-electron chi connectivity index (χ4n) is 2.79. The van der Waals surface area contributed by atoms with Crippen LogP contribution < -0.4 is 5.73 Å². The van der Waals surface area contributed by atoms with Gasteiger partial charge in [-0.05, 0) is 6.92 Å². The summed E-state index contributed by atoms with van der Waals surface area (Å²) in [6, 6.07) is -1.33. The molecule has 27 heavy (non-hydrogen) atoms. The highest BCUT2D eigenvalue weighted by molar-refractivity contribution is 7.80. The molecule has 4 unspecified atom stereocenters. The number of hydrogen-bond acceptors (Lipinski definition) is 12. The number of ether oxygens (including phenoxy) is 3. The Morgan fingerprint density at radius 1 is 1.04 bits per heavy atom. The van der Waals surface area contributed by atoms with Crippen LogP contribution in [0.2, 0.25) is 0 Å². The third-order valence-electron chi connectivity index (χ3n) is 4.19. The van der Waals surface area contributed by atoms with E-state index in [-0.39, 0.29) is 0 Å². The van der Waals surface area contributed by atoms with Crippen LogP contribution in [0.5, 0.6) is 0 Å². The molecule has 0 amide bonds. The first kappa shape index (κ1) is 22.3. The summed E-state index contributed by atoms with van der Waals surface area (Å²) in [6.07, 6.45) is -15.9. The van der Waals surface area contributed by atoms with Gasteiger partial charge in [-0.3, -0.25) is 4.55 Å². The number of carbonyl (C=O) groups is 1. The Morgan fingerprint density at radius 2 is 1.63 bits per heavy atom. The van der Waals surface area contributed by atoms with Gasteiger partial charge in [0.25, 0.3) is 0 Å². The van der Waals surface area contributed by atoms with E-state index in [4.69, 9.17) is 29.6 Å². The monoisotopic (exact) mass is 419 g/mol. The number of nitrogens with two attached hydrogens (primary N) is 1. The molecule has 2 rings (SSSR count). The lowest BCUT2D eigenvalue weighted by Gasteiger charge is -2.45. The molecule has 14 nitrogen and oxygen atoms in total. The van der Waals surface area contributed by atoms with Gasteiger partial charge in [0.15, 0.2) is 24.8 Å². The zero-order valence-electron chi connectivity index (χ0n) is 13.8. The fourth-order valence-corrected chi connectivity index (χ4v) is 3.28. The zero-order chi connectivity index (χ0) is 20.7. The molecule has 2 aliphatic rings. The third kappa shape index (κ3) is 4.90. The van der Waals surface area contributed by atoms with Crippen LogP contribution in [0.3, 0.4) is 0 Å². The van der Waals surface area contributed by atoms with E-state index in [9.17, 15) is 33.6 Å². The van der Waals surface area contributed by atoms with Crippen molar-refractivity contribution in [3.05, 3.63) is 0 Å². The Kier molecular flexibility index (Phi) is 6.76. The highest BCUT2D eigenvalue weighted by atomic mass is 32.3. The molecule has 10 atom stereocenters. The van der Waals surface area contributed by atoms with Gasteiger partial charge in [-0.25, -0.2) is 8.98 Å². The van der Waals surface area contributed by atoms with Crippen molar-refractivity contribution < 1.29 is 61.7 Å². The summed E-state index contributed by atoms with van der Waals surface area (Å²) < 4.78 is 50.4. The smallest absolute Gasteiger partial charge is 0.397 e. The molecule has 0 saturated carbocycles. The second-order valence-electron chi connectivity index (χ2n) is 6.13. The minimum Gasteiger partial charge on any atom is -0.479 e. The predicted octanol–water partition coefficient (Wildman–Crippen LogP) is -4.48. The summed E-state index contributed by atoms with van der Waals surface area (Å²) in [5, 5.41) is 48.6. The van der Waals surface area contributed by atoms with E-state index in [1.807, 2.05) is 0 Å². The van der Waals surface area contributed by atoms with Gasteiger partial charge in [-0.1, -0.05) is 0 Å². The first-order valence-electron chi connectivity index (χ1n) is 7.66. The lowest BCUT2D eigenvalue weighted by Crippen LogP contribution is -2.66. The molecule has 0 radical (unpaired) electrons. The van der Waals surface area contributed by atoms with Crippen molar-refractivity contribution in [2.75, 3.05) is 0 Å². The Hall–Kier alpha value is -0.980. The lowest BCUT2D eigenvalue weighted by atomic mass is 9.96. The van der Waals surface area contributed by atoms with Gasteiger partial charge < -0.3 is 45.5 Å². The Morgan fingerprint density at radius 3 is 2.15 bits per heavy atom. The van der Waals surface area contributed by atoms with Crippen LogP contribution in [-0.2, 0) is 33.6 Å². The summed E-state index contributed by atoms with van der Waals surface area (Å²) in [7, 11) is -5.18. The maximum atomic E-state index is 11.2. The van der Waals surface area contributed by atoms with Crippen molar-refractivity contribution >= 4 is 16.4 Å². The standard InChI is InChI=1S/C12H21NO13S/c1-2-7(4(14)3(13)11(19)23-2)24-12-9(26-27(20,21)22)6(16)5(15)8(25-12)10(17)18/h2-9,11-12,14-16,19H,13H2,1H3,(H,17,18)(H,20,21,22)/t2?,3-,4?,5+,6?,7+,8?,9-,11+,12+/m0/s1. The molecular weight excluding hydrogens is 398 g/mol. The molecule has 0 aliphatic carbocycles. The van der Waals surface area contributed by atoms with E-state index in [0.717, 1.165) is 0 Å². The highest BCUT2D eigenvalue weighted by Gasteiger charge is 2.53. The topological polar surface area (TPSA) is 236 Å². The van der Waals surface area contributed by atoms with Crippen LogP contribution in [0.1, 0.15) is 6.92 Å². The van der Waals surface area contributed by atoms with Crippen LogP contribution in [0.15, 0.2) is 0 Å². The zero-order valence-corrected chi connectivity index (χ0v) is 14.6. The number of carboxylic acid groups (broad SMARTS) is 1. The number of aliphatic hydroxyl groups is 4. The Bertz CT molecular complexity index is 643. The summed E-state index contributed by atoms with van der Waals surface area (Å²) in [5.41, 5.74) is 5.54. The second-order valence-corrected chi connectivity index (χ2v) is 7.18. The van der Waals surface area contributed by atoms with Crippen LogP contribution in [0.4, 0.5) is 0 Å². The van der Waals surface area contributed by atoms with Gasteiger partial charge in [0, 0.05) is 0 Å². The van der Waals surface area contributed by atoms with Gasteiger partial charge in [0.05, 0.1) is 12.1 Å². The van der Waals surface area contributed by atoms with E-state index in [1.165, 1.54) is 6.92 Å². The first-order chi connectivity index (χ1) is 12.3. The lowest BCUT2D eigenvalue weighted by molar-refractivity contribution is -0.332. The quantitative estimate of drug-likeness (QED) is 0.208. The third-order valence-corrected chi connectivity index (χ3v) is 4.66. The molecule has 15 heteroatoms. The molecule has 8 N–H and O–H groups in total. The van der Waals surface area contributed by atoms with Crippen LogP contribution in [0.25, 0.3) is 0 Å². The summed E-state index contributed by atoms with van der Waals surface area (Å²) in [4.78, 5) is 11.2. The molecule has 2 fully saturated rings. The normalized spacial score (nSPS) is 46.2. The fraction of sp³-hybridized carbons (Fsp3) is 0.917. The number of carboxylic acids is 1. The largest absolute Gasteiger partial charge is 0.479 e. The van der Waals surface area contributed by atoms with Gasteiger partial charge in [0.1, 0.15) is 24.4 Å². The maximum Gasteiger partial charge on any atom is 0.397 e. The summed E-state index contributed by atoms with van der Waals surface area (Å²) in [5.74, 6) is -1.71. The molecule has 0 aromatic carbocycles. The van der Waals surface area contributed by atoms with E-state index < -0.39 is 77.7 Å². The van der Waals surface area contributed by atoms with Crippen molar-refractivity contribution in [3.63, 3.8) is 0 Å². The van der Waals surface area contributed by atoms with Crippen molar-refractivity contribution in [2.45, 2.75) is 68.3 Å². The van der Waals surface area contributed by atoms with Gasteiger partial charge >= 0.3 is 16.4 Å². The molecule has 0 spiro atoms. The first-order valence-corrected chi connectivity index (χ1v) is 9.02. The van der Waals surface area contributed by atoms with Crippen molar-refractivity contribution in [1.29, 1.82) is 0 Å². The molecule has 0 aromatic rings. The maximum absolute atomic E-state index is 11.2. The SMILES string of the molecule is CC1O[C@@H](O)[C@@H](N)C(O)[C@@H]1O[C@@H]1OC(C(=O)O)[C@H](O)C(O)[C@@H]1OS(=O)(=O)O. The molecule has 2 saturated heterocycles. The van der Waals surface area contributed by atoms with E-state index in [1.54, 1.807) is 0 Å². The summed E-state index contributed by atoms with van der Waals surface area (Å²) >= 11 is 0. The molecular formula is C12H21NO13S. The Balaban J connectivity index is 2.29. The predicted molar refractivity (Wildman–Crippen MR) is 80.1 cm³/mol. The number of rotatable bonds is 5. The molecule has 0 bridgehead atoms. The number of hydrogen-bond donors (Lipinski definition) is 7. The van der Waals surface area contributed by atoms with E-state index >= 15 is 0 Å². The van der Waals surface area contributed by atoms with Gasteiger partial charge in [-0.2, -0.15) is 8.42 Å². The average Bonchev–Trinajstić information content (AvgIpc) is 2.54. The second kappa shape index (κ2) is 8.18. The van der Waals surface area contributed by atoms with E-state index in [0.29, 0.717) is 0 Å². The minimum atomic E-state index is -5.18.